The van der Waals surface area contributed by atoms with Gasteiger partial charge in [-0.2, -0.15) is 0 Å². The Morgan fingerprint density at radius 1 is 1.22 bits per heavy atom. The Hall–Kier alpha value is -1.69. The van der Waals surface area contributed by atoms with Gasteiger partial charge in [0.25, 0.3) is 0 Å². The third kappa shape index (κ3) is 1.64. The lowest BCUT2D eigenvalue weighted by Crippen LogP contribution is -2.22. The Labute approximate surface area is 109 Å². The number of nitrogens with two attached hydrogens (primary N) is 1. The minimum atomic E-state index is 0.542. The number of piperidine rings is 1. The third-order valence-electron chi connectivity index (χ3n) is 3.68. The molecule has 5 nitrogen and oxygen atoms in total. The molecule has 0 bridgehead atoms. The third-order valence-corrected chi connectivity index (χ3v) is 4.57. The first-order chi connectivity index (χ1) is 8.79. The van der Waals surface area contributed by atoms with Gasteiger partial charge in [-0.05, 0) is 18.3 Å². The fourth-order valence-electron chi connectivity index (χ4n) is 2.58. The molecule has 1 saturated heterocycles. The van der Waals surface area contributed by atoms with Gasteiger partial charge in [0.05, 0.1) is 12.4 Å². The zero-order valence-electron chi connectivity index (χ0n) is 9.78. The molecule has 2 atom stereocenters. The van der Waals surface area contributed by atoms with Crippen LogP contribution in [0.1, 0.15) is 6.42 Å². The van der Waals surface area contributed by atoms with Crippen LogP contribution in [0, 0.1) is 11.8 Å². The Morgan fingerprint density at radius 2 is 2.06 bits per heavy atom. The van der Waals surface area contributed by atoms with Crippen LogP contribution in [0.3, 0.4) is 0 Å². The smallest absolute Gasteiger partial charge is 0.147 e. The molecule has 4 rings (SSSR count). The van der Waals surface area contributed by atoms with Crippen molar-refractivity contribution in [2.45, 2.75) is 6.42 Å². The minimum absolute atomic E-state index is 0.542. The van der Waals surface area contributed by atoms with Crippen LogP contribution in [-0.4, -0.2) is 28.0 Å². The van der Waals surface area contributed by atoms with Gasteiger partial charge in [0.15, 0.2) is 0 Å². The van der Waals surface area contributed by atoms with Gasteiger partial charge in [-0.3, -0.25) is 0 Å². The van der Waals surface area contributed by atoms with Gasteiger partial charge < -0.3 is 10.6 Å². The fourth-order valence-corrected chi connectivity index (χ4v) is 3.25. The Morgan fingerprint density at radius 3 is 2.67 bits per heavy atom. The van der Waals surface area contributed by atoms with Crippen molar-refractivity contribution in [2.75, 3.05) is 23.7 Å². The summed E-state index contributed by atoms with van der Waals surface area (Å²) in [5.41, 5.74) is 6.40. The Balaban J connectivity index is 1.57. The maximum atomic E-state index is 5.61. The Kier molecular flexibility index (Phi) is 2.08. The highest BCUT2D eigenvalue weighted by Gasteiger charge is 2.45. The van der Waals surface area contributed by atoms with Crippen LogP contribution in [0.4, 0.5) is 11.6 Å². The number of nitrogen functional groups attached to an aromatic ring is 1. The number of fused-ring (bicyclic) bond motifs is 1. The maximum Gasteiger partial charge on any atom is 0.147 e. The van der Waals surface area contributed by atoms with Gasteiger partial charge in [0.1, 0.15) is 22.3 Å². The van der Waals surface area contributed by atoms with Gasteiger partial charge in [-0.25, -0.2) is 15.0 Å². The number of thiazole rings is 1. The van der Waals surface area contributed by atoms with Crippen molar-refractivity contribution in [3.05, 3.63) is 17.8 Å². The molecule has 0 radical (unpaired) electrons. The summed E-state index contributed by atoms with van der Waals surface area (Å²) < 4.78 is 0. The minimum Gasteiger partial charge on any atom is -0.383 e. The van der Waals surface area contributed by atoms with Gasteiger partial charge in [0, 0.05) is 18.5 Å². The van der Waals surface area contributed by atoms with Gasteiger partial charge in [-0.1, -0.05) is 0 Å². The molecule has 2 aromatic heterocycles. The second kappa shape index (κ2) is 3.65. The van der Waals surface area contributed by atoms with Crippen LogP contribution >= 0.6 is 11.3 Å². The molecule has 2 aliphatic rings. The van der Waals surface area contributed by atoms with E-state index < -0.39 is 0 Å². The van der Waals surface area contributed by atoms with Crippen molar-refractivity contribution in [3.8, 4) is 10.7 Å². The molecule has 3 heterocycles. The molecule has 1 saturated carbocycles. The van der Waals surface area contributed by atoms with Crippen LogP contribution in [0.15, 0.2) is 17.8 Å². The molecule has 6 heteroatoms. The molecule has 2 fully saturated rings. The average Bonchev–Trinajstić information content (AvgIpc) is 2.82. The topological polar surface area (TPSA) is 67.9 Å². The lowest BCUT2D eigenvalue weighted by Gasteiger charge is -2.18. The van der Waals surface area contributed by atoms with Crippen LogP contribution < -0.4 is 10.6 Å². The molecule has 18 heavy (non-hydrogen) atoms. The van der Waals surface area contributed by atoms with Crippen LogP contribution in [0.2, 0.25) is 0 Å². The summed E-state index contributed by atoms with van der Waals surface area (Å²) in [4.78, 5) is 15.5. The molecule has 1 aliphatic carbocycles. The molecule has 0 spiro atoms. The Bertz CT molecular complexity index is 568. The number of aromatic nitrogens is 3. The summed E-state index contributed by atoms with van der Waals surface area (Å²) in [6, 6.07) is 0. The molecule has 0 aromatic carbocycles. The van der Waals surface area contributed by atoms with Crippen LogP contribution in [0.25, 0.3) is 10.7 Å². The summed E-state index contributed by atoms with van der Waals surface area (Å²) in [5.74, 6) is 3.34. The molecule has 2 aromatic rings. The summed E-state index contributed by atoms with van der Waals surface area (Å²) in [7, 11) is 0. The number of nitrogens with zero attached hydrogens (tertiary/aromatic N) is 4. The largest absolute Gasteiger partial charge is 0.383 e. The SMILES string of the molecule is Nc1csc(-c2cnc(N3CC4CC4C3)cn2)n1. The van der Waals surface area contributed by atoms with E-state index in [-0.39, 0.29) is 0 Å². The number of hydrogen-bond donors (Lipinski definition) is 1. The normalized spacial score (nSPS) is 25.2. The van der Waals surface area contributed by atoms with E-state index >= 15 is 0 Å². The quantitative estimate of drug-likeness (QED) is 0.888. The number of anilines is 2. The van der Waals surface area contributed by atoms with Gasteiger partial charge in [0.2, 0.25) is 0 Å². The summed E-state index contributed by atoms with van der Waals surface area (Å²) in [5, 5.41) is 2.65. The van der Waals surface area contributed by atoms with E-state index in [1.54, 1.807) is 6.20 Å². The van der Waals surface area contributed by atoms with Crippen molar-refractivity contribution in [2.24, 2.45) is 11.8 Å². The highest BCUT2D eigenvalue weighted by molar-refractivity contribution is 7.13. The van der Waals surface area contributed by atoms with E-state index in [0.717, 1.165) is 41.4 Å². The summed E-state index contributed by atoms with van der Waals surface area (Å²) in [6.07, 6.45) is 5.04. The maximum absolute atomic E-state index is 5.61. The molecule has 1 aliphatic heterocycles. The van der Waals surface area contributed by atoms with Crippen molar-refractivity contribution in [1.29, 1.82) is 0 Å². The van der Waals surface area contributed by atoms with E-state index in [9.17, 15) is 0 Å². The standard InChI is InChI=1S/C12H13N5S/c13-10-6-18-12(16-10)9-2-15-11(3-14-9)17-4-7-1-8(7)5-17/h2-3,6-8H,1,4-5,13H2. The van der Waals surface area contributed by atoms with Crippen LogP contribution in [0.5, 0.6) is 0 Å². The highest BCUT2D eigenvalue weighted by atomic mass is 32.1. The molecular formula is C12H13N5S. The van der Waals surface area contributed by atoms with Crippen LogP contribution in [-0.2, 0) is 0 Å². The van der Waals surface area contributed by atoms with Crippen molar-refractivity contribution < 1.29 is 0 Å². The number of hydrogen-bond acceptors (Lipinski definition) is 6. The number of rotatable bonds is 2. The molecule has 0 amide bonds. The second-order valence-corrected chi connectivity index (χ2v) is 5.86. The predicted molar refractivity (Wildman–Crippen MR) is 71.4 cm³/mol. The fraction of sp³-hybridized carbons (Fsp3) is 0.417. The second-order valence-electron chi connectivity index (χ2n) is 5.00. The van der Waals surface area contributed by atoms with E-state index in [0.29, 0.717) is 5.82 Å². The van der Waals surface area contributed by atoms with Crippen molar-refractivity contribution in [3.63, 3.8) is 0 Å². The first-order valence-corrected chi connectivity index (χ1v) is 6.96. The van der Waals surface area contributed by atoms with Crippen molar-refractivity contribution >= 4 is 23.0 Å². The zero-order chi connectivity index (χ0) is 12.1. The highest BCUT2D eigenvalue weighted by Crippen LogP contribution is 2.45. The summed E-state index contributed by atoms with van der Waals surface area (Å²) >= 11 is 1.50. The monoisotopic (exact) mass is 259 g/mol. The lowest BCUT2D eigenvalue weighted by atomic mass is 10.4. The zero-order valence-corrected chi connectivity index (χ0v) is 10.6. The van der Waals surface area contributed by atoms with E-state index in [2.05, 4.69) is 19.9 Å². The average molecular weight is 259 g/mol. The van der Waals surface area contributed by atoms with Gasteiger partial charge >= 0.3 is 0 Å². The van der Waals surface area contributed by atoms with E-state index in [1.165, 1.54) is 17.8 Å². The van der Waals surface area contributed by atoms with E-state index in [4.69, 9.17) is 5.73 Å². The molecular weight excluding hydrogens is 246 g/mol. The molecule has 2 unspecified atom stereocenters. The van der Waals surface area contributed by atoms with Crippen molar-refractivity contribution in [1.82, 2.24) is 15.0 Å². The molecule has 2 N–H and O–H groups in total. The summed E-state index contributed by atoms with van der Waals surface area (Å²) in [6.45, 7) is 2.28. The first-order valence-electron chi connectivity index (χ1n) is 6.08. The van der Waals surface area contributed by atoms with E-state index in [1.807, 2.05) is 11.6 Å². The van der Waals surface area contributed by atoms with Gasteiger partial charge in [-0.15, -0.1) is 11.3 Å². The molecule has 92 valence electrons. The lowest BCUT2D eigenvalue weighted by molar-refractivity contribution is 0.802. The first kappa shape index (κ1) is 10.3. The predicted octanol–water partition coefficient (Wildman–Crippen LogP) is 1.64.